The Morgan fingerprint density at radius 1 is 1.19 bits per heavy atom. The second-order valence-electron chi connectivity index (χ2n) is 7.39. The molecule has 0 aliphatic heterocycles. The summed E-state index contributed by atoms with van der Waals surface area (Å²) in [6.45, 7) is 5.39. The van der Waals surface area contributed by atoms with E-state index >= 15 is 0 Å². The number of nitrogens with one attached hydrogen (secondary N) is 2. The molecule has 0 fully saturated rings. The summed E-state index contributed by atoms with van der Waals surface area (Å²) < 4.78 is 12.2. The number of thiocarbonyl (C=S) groups is 1. The van der Waals surface area contributed by atoms with Gasteiger partial charge in [-0.25, -0.2) is 0 Å². The summed E-state index contributed by atoms with van der Waals surface area (Å²) >= 11 is 13.0. The average molecular weight is 477 g/mol. The number of amides is 1. The number of halogens is 1. The molecular formula is C23H25ClN2O3S2. The Hall–Kier alpha value is -2.35. The zero-order valence-corrected chi connectivity index (χ0v) is 20.0. The van der Waals surface area contributed by atoms with Crippen LogP contribution >= 0.6 is 35.2 Å². The topological polar surface area (TPSA) is 59.6 Å². The zero-order chi connectivity index (χ0) is 22.4. The molecule has 0 aliphatic carbocycles. The van der Waals surface area contributed by atoms with E-state index in [2.05, 4.69) is 24.5 Å². The van der Waals surface area contributed by atoms with Crippen LogP contribution in [0.1, 0.15) is 35.5 Å². The quantitative estimate of drug-likeness (QED) is 0.403. The van der Waals surface area contributed by atoms with Crippen LogP contribution in [0.4, 0.5) is 0 Å². The molecule has 1 amide bonds. The third-order valence-corrected chi connectivity index (χ3v) is 6.52. The van der Waals surface area contributed by atoms with E-state index in [1.807, 2.05) is 42.5 Å². The summed E-state index contributed by atoms with van der Waals surface area (Å²) in [6.07, 6.45) is 0.976. The van der Waals surface area contributed by atoms with Gasteiger partial charge in [0.2, 0.25) is 0 Å². The average Bonchev–Trinajstić information content (AvgIpc) is 3.09. The molecule has 3 rings (SSSR count). The fourth-order valence-electron chi connectivity index (χ4n) is 2.89. The van der Waals surface area contributed by atoms with E-state index in [0.29, 0.717) is 40.5 Å². The molecule has 2 N–H and O–H groups in total. The molecule has 0 saturated heterocycles. The minimum Gasteiger partial charge on any atom is -0.493 e. The van der Waals surface area contributed by atoms with Crippen LogP contribution in [-0.4, -0.2) is 24.7 Å². The molecule has 0 atom stereocenters. The van der Waals surface area contributed by atoms with E-state index in [9.17, 15) is 4.79 Å². The number of ether oxygens (including phenoxy) is 2. The molecule has 0 spiro atoms. The van der Waals surface area contributed by atoms with Crippen LogP contribution in [0.2, 0.25) is 5.02 Å². The largest absolute Gasteiger partial charge is 0.493 e. The fourth-order valence-corrected chi connectivity index (χ4v) is 4.47. The molecule has 164 valence electrons. The Kier molecular flexibility index (Phi) is 8.12. The molecule has 1 heterocycles. The summed E-state index contributed by atoms with van der Waals surface area (Å²) in [5, 5.41) is 7.28. The highest BCUT2D eigenvalue weighted by atomic mass is 35.5. The standard InChI is InChI=1S/C23H25ClN2O3S2/c1-14(2)10-11-29-17-9-8-15(12-18(17)28-3)13-25-23(30)26-22(27)21-20(24)16-6-4-5-7-19(16)31-21/h4-9,12,14H,10-11,13H2,1-3H3,(H2,25,26,27,30). The maximum atomic E-state index is 12.6. The summed E-state index contributed by atoms with van der Waals surface area (Å²) in [7, 11) is 1.61. The van der Waals surface area contributed by atoms with Gasteiger partial charge >= 0.3 is 0 Å². The van der Waals surface area contributed by atoms with Gasteiger partial charge in [-0.2, -0.15) is 0 Å². The molecule has 0 saturated carbocycles. The predicted molar refractivity (Wildman–Crippen MR) is 132 cm³/mol. The number of carbonyl (C=O) groups excluding carboxylic acids is 1. The second-order valence-corrected chi connectivity index (χ2v) is 9.23. The molecule has 0 unspecified atom stereocenters. The first kappa shape index (κ1) is 23.3. The molecule has 0 bridgehead atoms. The Balaban J connectivity index is 1.57. The van der Waals surface area contributed by atoms with Crippen molar-refractivity contribution in [1.29, 1.82) is 0 Å². The third kappa shape index (κ3) is 6.09. The summed E-state index contributed by atoms with van der Waals surface area (Å²) in [4.78, 5) is 13.0. The van der Waals surface area contributed by atoms with E-state index in [1.54, 1.807) is 7.11 Å². The molecule has 0 aliphatic rings. The van der Waals surface area contributed by atoms with E-state index < -0.39 is 0 Å². The molecule has 8 heteroatoms. The number of benzene rings is 2. The third-order valence-electron chi connectivity index (χ3n) is 4.60. The van der Waals surface area contributed by atoms with Gasteiger partial charge in [0.05, 0.1) is 18.7 Å². The van der Waals surface area contributed by atoms with Gasteiger partial charge in [0.25, 0.3) is 5.91 Å². The highest BCUT2D eigenvalue weighted by Crippen LogP contribution is 2.35. The van der Waals surface area contributed by atoms with Crippen LogP contribution in [0, 0.1) is 5.92 Å². The Morgan fingerprint density at radius 2 is 1.97 bits per heavy atom. The van der Waals surface area contributed by atoms with Gasteiger partial charge in [0.1, 0.15) is 4.88 Å². The van der Waals surface area contributed by atoms with Crippen molar-refractivity contribution >= 4 is 56.3 Å². The smallest absolute Gasteiger partial charge is 0.269 e. The number of carbonyl (C=O) groups is 1. The van der Waals surface area contributed by atoms with Crippen molar-refractivity contribution < 1.29 is 14.3 Å². The lowest BCUT2D eigenvalue weighted by Crippen LogP contribution is -2.38. The Labute approximate surface area is 196 Å². The number of methoxy groups -OCH3 is 1. The molecule has 0 radical (unpaired) electrons. The minimum absolute atomic E-state index is 0.231. The first-order valence-electron chi connectivity index (χ1n) is 9.95. The fraction of sp³-hybridized carbons (Fsp3) is 0.304. The first-order chi connectivity index (χ1) is 14.9. The van der Waals surface area contributed by atoms with E-state index in [1.165, 1.54) is 11.3 Å². The molecule has 2 aromatic carbocycles. The lowest BCUT2D eigenvalue weighted by atomic mass is 10.1. The monoisotopic (exact) mass is 476 g/mol. The van der Waals surface area contributed by atoms with Crippen molar-refractivity contribution in [3.8, 4) is 11.5 Å². The van der Waals surface area contributed by atoms with Crippen LogP contribution < -0.4 is 20.1 Å². The lowest BCUT2D eigenvalue weighted by molar-refractivity contribution is 0.0981. The molecule has 3 aromatic rings. The van der Waals surface area contributed by atoms with E-state index in [0.717, 1.165) is 22.1 Å². The predicted octanol–water partition coefficient (Wildman–Crippen LogP) is 5.79. The van der Waals surface area contributed by atoms with Crippen LogP contribution in [0.25, 0.3) is 10.1 Å². The van der Waals surface area contributed by atoms with Gasteiger partial charge in [0.15, 0.2) is 16.6 Å². The minimum atomic E-state index is -0.324. The summed E-state index contributed by atoms with van der Waals surface area (Å²) in [6, 6.07) is 13.4. The Morgan fingerprint density at radius 3 is 2.68 bits per heavy atom. The highest BCUT2D eigenvalue weighted by molar-refractivity contribution is 7.80. The van der Waals surface area contributed by atoms with Crippen molar-refractivity contribution in [2.75, 3.05) is 13.7 Å². The van der Waals surface area contributed by atoms with Crippen LogP contribution in [0.15, 0.2) is 42.5 Å². The van der Waals surface area contributed by atoms with Crippen molar-refractivity contribution in [3.63, 3.8) is 0 Å². The summed E-state index contributed by atoms with van der Waals surface area (Å²) in [5.74, 6) is 1.63. The number of rotatable bonds is 8. The maximum Gasteiger partial charge on any atom is 0.269 e. The second kappa shape index (κ2) is 10.8. The van der Waals surface area contributed by atoms with Gasteiger partial charge in [0, 0.05) is 16.6 Å². The number of thiophene rings is 1. The highest BCUT2D eigenvalue weighted by Gasteiger charge is 2.17. The summed E-state index contributed by atoms with van der Waals surface area (Å²) in [5.41, 5.74) is 0.949. The SMILES string of the molecule is COc1cc(CNC(=S)NC(=O)c2sc3ccccc3c2Cl)ccc1OCCC(C)C. The molecular weight excluding hydrogens is 452 g/mol. The van der Waals surface area contributed by atoms with Crippen molar-refractivity contribution in [1.82, 2.24) is 10.6 Å². The molecule has 1 aromatic heterocycles. The van der Waals surface area contributed by atoms with Gasteiger partial charge in [-0.05, 0) is 48.3 Å². The Bertz CT molecular complexity index is 1080. The van der Waals surface area contributed by atoms with Gasteiger partial charge in [-0.1, -0.05) is 49.7 Å². The van der Waals surface area contributed by atoms with Crippen LogP contribution in [-0.2, 0) is 6.54 Å². The lowest BCUT2D eigenvalue weighted by Gasteiger charge is -2.14. The van der Waals surface area contributed by atoms with Gasteiger partial charge in [-0.15, -0.1) is 11.3 Å². The molecule has 31 heavy (non-hydrogen) atoms. The number of fused-ring (bicyclic) bond motifs is 1. The van der Waals surface area contributed by atoms with Crippen molar-refractivity contribution in [2.45, 2.75) is 26.8 Å². The van der Waals surface area contributed by atoms with Gasteiger partial charge in [-0.3, -0.25) is 10.1 Å². The van der Waals surface area contributed by atoms with Crippen LogP contribution in [0.3, 0.4) is 0 Å². The molecule has 5 nitrogen and oxygen atoms in total. The maximum absolute atomic E-state index is 12.6. The van der Waals surface area contributed by atoms with Crippen molar-refractivity contribution in [2.24, 2.45) is 5.92 Å². The first-order valence-corrected chi connectivity index (χ1v) is 11.5. The number of hydrogen-bond acceptors (Lipinski definition) is 5. The van der Waals surface area contributed by atoms with Gasteiger partial charge < -0.3 is 14.8 Å². The van der Waals surface area contributed by atoms with E-state index in [4.69, 9.17) is 33.3 Å². The normalized spacial score (nSPS) is 10.9. The van der Waals surface area contributed by atoms with Crippen LogP contribution in [0.5, 0.6) is 11.5 Å². The number of hydrogen-bond donors (Lipinski definition) is 2. The van der Waals surface area contributed by atoms with Crippen molar-refractivity contribution in [3.05, 3.63) is 57.9 Å². The zero-order valence-electron chi connectivity index (χ0n) is 17.7. The van der Waals surface area contributed by atoms with E-state index in [-0.39, 0.29) is 11.0 Å².